The number of non-ortho nitro benzene ring substituents is 1. The Morgan fingerprint density at radius 3 is 2.71 bits per heavy atom. The fraction of sp³-hybridized carbons (Fsp3) is 0.353. The highest BCUT2D eigenvalue weighted by Crippen LogP contribution is 2.25. The number of thioether (sulfide) groups is 1. The van der Waals surface area contributed by atoms with Gasteiger partial charge in [-0.1, -0.05) is 6.07 Å². The molecule has 28 heavy (non-hydrogen) atoms. The first-order valence-electron chi connectivity index (χ1n) is 8.32. The second kappa shape index (κ2) is 9.60. The lowest BCUT2D eigenvalue weighted by molar-refractivity contribution is -0.384. The van der Waals surface area contributed by atoms with Gasteiger partial charge in [-0.3, -0.25) is 19.2 Å². The Labute approximate surface area is 167 Å². The van der Waals surface area contributed by atoms with Crippen LogP contribution in [0.4, 0.5) is 11.4 Å². The zero-order valence-corrected chi connectivity index (χ0v) is 17.0. The lowest BCUT2D eigenvalue weighted by atomic mass is 10.2. The molecular weight excluding hydrogens is 406 g/mol. The summed E-state index contributed by atoms with van der Waals surface area (Å²) in [5, 5.41) is 13.7. The van der Waals surface area contributed by atoms with Crippen molar-refractivity contribution in [2.45, 2.75) is 18.7 Å². The number of anilines is 1. The molecule has 0 aliphatic rings. The summed E-state index contributed by atoms with van der Waals surface area (Å²) in [6.45, 7) is 1.78. The van der Waals surface area contributed by atoms with Crippen LogP contribution >= 0.6 is 11.8 Å². The summed E-state index contributed by atoms with van der Waals surface area (Å²) in [7, 11) is -3.84. The third kappa shape index (κ3) is 5.99. The quantitative estimate of drug-likeness (QED) is 0.351. The maximum Gasteiger partial charge on any atom is 0.271 e. The van der Waals surface area contributed by atoms with E-state index in [4.69, 9.17) is 4.42 Å². The molecule has 0 saturated carbocycles. The molecule has 11 heteroatoms. The number of amides is 1. The van der Waals surface area contributed by atoms with E-state index in [2.05, 4.69) is 5.32 Å². The Kier molecular flexibility index (Phi) is 7.46. The molecule has 1 amide bonds. The van der Waals surface area contributed by atoms with Gasteiger partial charge in [0.15, 0.2) is 0 Å². The summed E-state index contributed by atoms with van der Waals surface area (Å²) in [6, 6.07) is 7.77. The van der Waals surface area contributed by atoms with Crippen LogP contribution in [0.5, 0.6) is 0 Å². The van der Waals surface area contributed by atoms with Gasteiger partial charge in [-0.2, -0.15) is 11.8 Å². The highest BCUT2D eigenvalue weighted by atomic mass is 32.2. The third-order valence-electron chi connectivity index (χ3n) is 3.75. The average molecular weight is 428 g/mol. The number of rotatable bonds is 10. The predicted octanol–water partition coefficient (Wildman–Crippen LogP) is 2.39. The number of carbonyl (C=O) groups excluding carboxylic acids is 1. The molecule has 0 aliphatic heterocycles. The summed E-state index contributed by atoms with van der Waals surface area (Å²) in [4.78, 5) is 22.8. The van der Waals surface area contributed by atoms with Crippen molar-refractivity contribution in [3.05, 3.63) is 58.5 Å². The van der Waals surface area contributed by atoms with Crippen molar-refractivity contribution in [1.82, 2.24) is 5.32 Å². The summed E-state index contributed by atoms with van der Waals surface area (Å²) < 4.78 is 30.6. The fourth-order valence-corrected chi connectivity index (χ4v) is 4.44. The molecule has 1 N–H and O–H groups in total. The van der Waals surface area contributed by atoms with Crippen molar-refractivity contribution in [2.24, 2.45) is 0 Å². The molecule has 0 bridgehead atoms. The average Bonchev–Trinajstić information content (AvgIpc) is 3.13. The topological polar surface area (TPSA) is 123 Å². The number of carbonyl (C=O) groups is 1. The molecule has 1 aromatic carbocycles. The van der Waals surface area contributed by atoms with E-state index in [9.17, 15) is 23.3 Å². The van der Waals surface area contributed by atoms with E-state index in [1.807, 2.05) is 6.07 Å². The molecule has 152 valence electrons. The Morgan fingerprint density at radius 2 is 2.11 bits per heavy atom. The van der Waals surface area contributed by atoms with E-state index in [0.717, 1.165) is 22.4 Å². The zero-order chi connectivity index (χ0) is 20.7. The number of hydrogen-bond acceptors (Lipinski definition) is 7. The molecule has 0 spiro atoms. The second-order valence-electron chi connectivity index (χ2n) is 5.93. The van der Waals surface area contributed by atoms with Crippen LogP contribution in [-0.4, -0.2) is 43.8 Å². The zero-order valence-electron chi connectivity index (χ0n) is 15.4. The minimum absolute atomic E-state index is 0.0616. The number of hydrogen-bond donors (Lipinski definition) is 1. The third-order valence-corrected chi connectivity index (χ3v) is 5.98. The van der Waals surface area contributed by atoms with Crippen molar-refractivity contribution < 1.29 is 22.6 Å². The molecule has 1 unspecified atom stereocenters. The van der Waals surface area contributed by atoms with Crippen molar-refractivity contribution in [1.29, 1.82) is 0 Å². The van der Waals surface area contributed by atoms with E-state index in [0.29, 0.717) is 18.1 Å². The summed E-state index contributed by atoms with van der Waals surface area (Å²) >= 11 is 1.56. The van der Waals surface area contributed by atoms with Crippen molar-refractivity contribution in [3.63, 3.8) is 0 Å². The Balaban J connectivity index is 2.00. The predicted molar refractivity (Wildman–Crippen MR) is 108 cm³/mol. The first-order valence-corrected chi connectivity index (χ1v) is 11.3. The van der Waals surface area contributed by atoms with Gasteiger partial charge in [0.05, 0.1) is 28.9 Å². The molecule has 2 rings (SSSR count). The van der Waals surface area contributed by atoms with Crippen LogP contribution in [0, 0.1) is 10.1 Å². The van der Waals surface area contributed by atoms with E-state index < -0.39 is 26.9 Å². The summed E-state index contributed by atoms with van der Waals surface area (Å²) in [5.41, 5.74) is -0.195. The molecule has 1 atom stereocenters. The fourth-order valence-electron chi connectivity index (χ4n) is 2.51. The first kappa shape index (κ1) is 21.8. The standard InChI is InChI=1S/C17H21N3O6S2/c1-13(17(21)18-8-10-27-12-16-7-4-9-26-16)19(28(2,24)25)14-5-3-6-15(11-14)20(22)23/h3-7,9,11,13H,8,10,12H2,1-2H3,(H,18,21). The molecule has 9 nitrogen and oxygen atoms in total. The van der Waals surface area contributed by atoms with Gasteiger partial charge in [-0.15, -0.1) is 0 Å². The SMILES string of the molecule is CC(C(=O)NCCSCc1ccco1)N(c1cccc([N+](=O)[O-])c1)S(C)(=O)=O. The lowest BCUT2D eigenvalue weighted by Gasteiger charge is -2.28. The van der Waals surface area contributed by atoms with Crippen molar-refractivity contribution in [2.75, 3.05) is 22.9 Å². The van der Waals surface area contributed by atoms with E-state index in [1.165, 1.54) is 25.1 Å². The van der Waals surface area contributed by atoms with Crippen LogP contribution in [0.15, 0.2) is 47.1 Å². The second-order valence-corrected chi connectivity index (χ2v) is 8.90. The number of nitro benzene ring substituents is 1. The highest BCUT2D eigenvalue weighted by Gasteiger charge is 2.29. The van der Waals surface area contributed by atoms with Crippen LogP contribution in [0.25, 0.3) is 0 Å². The molecule has 0 saturated heterocycles. The van der Waals surface area contributed by atoms with Gasteiger partial charge in [0.2, 0.25) is 15.9 Å². The Hall–Kier alpha value is -2.53. The highest BCUT2D eigenvalue weighted by molar-refractivity contribution is 7.98. The van der Waals surface area contributed by atoms with E-state index >= 15 is 0 Å². The minimum Gasteiger partial charge on any atom is -0.468 e. The largest absolute Gasteiger partial charge is 0.468 e. The van der Waals surface area contributed by atoms with Crippen molar-refractivity contribution in [3.8, 4) is 0 Å². The number of benzene rings is 1. The van der Waals surface area contributed by atoms with Crippen LogP contribution in [0.2, 0.25) is 0 Å². The van der Waals surface area contributed by atoms with Gasteiger partial charge in [0.1, 0.15) is 11.8 Å². The number of nitrogens with one attached hydrogen (secondary N) is 1. The van der Waals surface area contributed by atoms with Gasteiger partial charge in [-0.05, 0) is 25.1 Å². The molecular formula is C17H21N3O6S2. The van der Waals surface area contributed by atoms with E-state index in [1.54, 1.807) is 24.1 Å². The van der Waals surface area contributed by atoms with Crippen LogP contribution in [0.3, 0.4) is 0 Å². The van der Waals surface area contributed by atoms with Crippen LogP contribution in [0.1, 0.15) is 12.7 Å². The molecule has 1 aromatic heterocycles. The maximum atomic E-state index is 12.4. The Bertz CT molecular complexity index is 915. The normalized spacial score (nSPS) is 12.4. The minimum atomic E-state index is -3.84. The molecule has 0 aliphatic carbocycles. The Morgan fingerprint density at radius 1 is 1.36 bits per heavy atom. The molecule has 1 heterocycles. The van der Waals surface area contributed by atoms with Crippen LogP contribution in [-0.2, 0) is 20.6 Å². The van der Waals surface area contributed by atoms with Crippen molar-refractivity contribution >= 4 is 39.1 Å². The lowest BCUT2D eigenvalue weighted by Crippen LogP contribution is -2.48. The van der Waals surface area contributed by atoms with Gasteiger partial charge in [0.25, 0.3) is 5.69 Å². The summed E-state index contributed by atoms with van der Waals surface area (Å²) in [5.74, 6) is 1.63. The monoisotopic (exact) mass is 427 g/mol. The smallest absolute Gasteiger partial charge is 0.271 e. The summed E-state index contributed by atoms with van der Waals surface area (Å²) in [6.07, 6.45) is 2.54. The van der Waals surface area contributed by atoms with Gasteiger partial charge in [0, 0.05) is 24.4 Å². The first-order chi connectivity index (χ1) is 13.2. The number of nitrogens with zero attached hydrogens (tertiary/aromatic N) is 2. The van der Waals surface area contributed by atoms with E-state index in [-0.39, 0.29) is 11.4 Å². The van der Waals surface area contributed by atoms with Gasteiger partial charge in [-0.25, -0.2) is 8.42 Å². The number of sulfonamides is 1. The van der Waals surface area contributed by atoms with Gasteiger partial charge >= 0.3 is 0 Å². The molecule has 2 aromatic rings. The van der Waals surface area contributed by atoms with Gasteiger partial charge < -0.3 is 9.73 Å². The molecule has 0 radical (unpaired) electrons. The maximum absolute atomic E-state index is 12.4. The van der Waals surface area contributed by atoms with Crippen LogP contribution < -0.4 is 9.62 Å². The molecule has 0 fully saturated rings. The number of furan rings is 1. The number of nitro groups is 1.